The summed E-state index contributed by atoms with van der Waals surface area (Å²) >= 11 is 0. The molecule has 0 unspecified atom stereocenters. The van der Waals surface area contributed by atoms with E-state index in [1.54, 1.807) is 0 Å². The smallest absolute Gasteiger partial charge is 0.328 e. The summed E-state index contributed by atoms with van der Waals surface area (Å²) in [5, 5.41) is 8.47. The van der Waals surface area contributed by atoms with Gasteiger partial charge >= 0.3 is 5.97 Å². The van der Waals surface area contributed by atoms with Gasteiger partial charge in [-0.15, -0.1) is 0 Å². The summed E-state index contributed by atoms with van der Waals surface area (Å²) in [6, 6.07) is 0. The molecular formula is C9H14O2. The molecule has 0 amide bonds. The van der Waals surface area contributed by atoms with E-state index in [0.29, 0.717) is 5.41 Å². The molecule has 1 aliphatic carbocycles. The monoisotopic (exact) mass is 154 g/mol. The van der Waals surface area contributed by atoms with Gasteiger partial charge in [-0.2, -0.15) is 0 Å². The van der Waals surface area contributed by atoms with E-state index in [-0.39, 0.29) is 0 Å². The molecule has 1 rings (SSSR count). The number of carbonyl (C=O) groups is 1. The van der Waals surface area contributed by atoms with Crippen LogP contribution < -0.4 is 0 Å². The van der Waals surface area contributed by atoms with E-state index < -0.39 is 5.97 Å². The molecule has 1 fully saturated rings. The summed E-state index contributed by atoms with van der Waals surface area (Å²) in [7, 11) is 0. The van der Waals surface area contributed by atoms with Crippen LogP contribution in [0.2, 0.25) is 0 Å². The Bertz CT molecular complexity index is 202. The van der Waals surface area contributed by atoms with Crippen LogP contribution in [-0.4, -0.2) is 11.1 Å². The minimum atomic E-state index is -0.808. The molecule has 1 N–H and O–H groups in total. The zero-order chi connectivity index (χ0) is 8.48. The fourth-order valence-corrected chi connectivity index (χ4v) is 1.59. The maximum absolute atomic E-state index is 10.3. The van der Waals surface area contributed by atoms with Crippen molar-refractivity contribution in [2.24, 2.45) is 5.41 Å². The van der Waals surface area contributed by atoms with Gasteiger partial charge in [-0.3, -0.25) is 0 Å². The van der Waals surface area contributed by atoms with Gasteiger partial charge in [-0.1, -0.05) is 19.4 Å². The first-order chi connectivity index (χ1) is 4.99. The first-order valence-corrected chi connectivity index (χ1v) is 3.92. The molecule has 0 atom stereocenters. The number of carboxylic acids is 1. The van der Waals surface area contributed by atoms with Crippen LogP contribution in [-0.2, 0) is 4.79 Å². The van der Waals surface area contributed by atoms with Crippen molar-refractivity contribution in [3.05, 3.63) is 11.6 Å². The predicted molar refractivity (Wildman–Crippen MR) is 43.4 cm³/mol. The molecule has 0 aromatic heterocycles. The Morgan fingerprint density at radius 3 is 2.64 bits per heavy atom. The van der Waals surface area contributed by atoms with E-state index in [1.165, 1.54) is 6.08 Å². The van der Waals surface area contributed by atoms with Crippen LogP contribution in [0.5, 0.6) is 0 Å². The number of allylic oxidation sites excluding steroid dienone is 1. The highest BCUT2D eigenvalue weighted by Gasteiger charge is 2.26. The second kappa shape index (κ2) is 2.68. The normalized spacial score (nSPS) is 25.8. The number of carboxylic acid groups (broad SMARTS) is 1. The van der Waals surface area contributed by atoms with Crippen molar-refractivity contribution < 1.29 is 9.90 Å². The molecule has 0 aliphatic heterocycles. The van der Waals surface area contributed by atoms with Crippen molar-refractivity contribution in [1.29, 1.82) is 0 Å². The molecule has 0 saturated heterocycles. The average Bonchev–Trinajstić information content (AvgIpc) is 2.08. The SMILES string of the molecule is CC1(C)CC/C(=C/C(=O)O)C1. The summed E-state index contributed by atoms with van der Waals surface area (Å²) in [5.74, 6) is -0.808. The highest BCUT2D eigenvalue weighted by Crippen LogP contribution is 2.40. The number of rotatable bonds is 1. The first-order valence-electron chi connectivity index (χ1n) is 3.92. The maximum atomic E-state index is 10.3. The van der Waals surface area contributed by atoms with E-state index in [2.05, 4.69) is 13.8 Å². The first kappa shape index (κ1) is 8.31. The molecule has 0 aromatic carbocycles. The molecule has 0 radical (unpaired) electrons. The Hall–Kier alpha value is -0.790. The van der Waals surface area contributed by atoms with Gasteiger partial charge in [0, 0.05) is 6.08 Å². The Morgan fingerprint density at radius 1 is 1.64 bits per heavy atom. The molecule has 0 heterocycles. The van der Waals surface area contributed by atoms with Crippen LogP contribution in [0.25, 0.3) is 0 Å². The summed E-state index contributed by atoms with van der Waals surface area (Å²) in [6.45, 7) is 4.35. The van der Waals surface area contributed by atoms with Crippen LogP contribution in [0.3, 0.4) is 0 Å². The van der Waals surface area contributed by atoms with E-state index in [4.69, 9.17) is 5.11 Å². The van der Waals surface area contributed by atoms with Crippen LogP contribution in [0.15, 0.2) is 11.6 Å². The van der Waals surface area contributed by atoms with Crippen molar-refractivity contribution >= 4 is 5.97 Å². The second-order valence-corrected chi connectivity index (χ2v) is 3.98. The van der Waals surface area contributed by atoms with E-state index in [1.807, 2.05) is 0 Å². The lowest BCUT2D eigenvalue weighted by Crippen LogP contribution is -2.02. The zero-order valence-corrected chi connectivity index (χ0v) is 7.05. The van der Waals surface area contributed by atoms with Crippen LogP contribution in [0, 0.1) is 5.41 Å². The van der Waals surface area contributed by atoms with E-state index in [0.717, 1.165) is 24.8 Å². The van der Waals surface area contributed by atoms with Crippen molar-refractivity contribution in [3.8, 4) is 0 Å². The predicted octanol–water partition coefficient (Wildman–Crippen LogP) is 2.21. The van der Waals surface area contributed by atoms with Gasteiger partial charge in [0.05, 0.1) is 0 Å². The maximum Gasteiger partial charge on any atom is 0.328 e. The zero-order valence-electron chi connectivity index (χ0n) is 7.05. The molecule has 2 heteroatoms. The van der Waals surface area contributed by atoms with Gasteiger partial charge in [0.1, 0.15) is 0 Å². The van der Waals surface area contributed by atoms with Crippen LogP contribution >= 0.6 is 0 Å². The Morgan fingerprint density at radius 2 is 2.27 bits per heavy atom. The molecule has 0 spiro atoms. The standard InChI is InChI=1S/C9H14O2/c1-9(2)4-3-7(6-9)5-8(10)11/h5H,3-4,6H2,1-2H3,(H,10,11)/b7-5-. The molecular weight excluding hydrogens is 140 g/mol. The summed E-state index contributed by atoms with van der Waals surface area (Å²) in [5.41, 5.74) is 1.41. The van der Waals surface area contributed by atoms with Gasteiger partial charge in [-0.25, -0.2) is 4.79 Å². The van der Waals surface area contributed by atoms with Gasteiger partial charge in [0.15, 0.2) is 0 Å². The third-order valence-electron chi connectivity index (χ3n) is 2.16. The molecule has 1 saturated carbocycles. The molecule has 11 heavy (non-hydrogen) atoms. The fraction of sp³-hybridized carbons (Fsp3) is 0.667. The lowest BCUT2D eigenvalue weighted by Gasteiger charge is -2.13. The van der Waals surface area contributed by atoms with Gasteiger partial charge in [0.25, 0.3) is 0 Å². The second-order valence-electron chi connectivity index (χ2n) is 3.98. The Labute approximate surface area is 66.9 Å². The highest BCUT2D eigenvalue weighted by atomic mass is 16.4. The third kappa shape index (κ3) is 2.37. The van der Waals surface area contributed by atoms with Gasteiger partial charge in [0.2, 0.25) is 0 Å². The van der Waals surface area contributed by atoms with Gasteiger partial charge in [-0.05, 0) is 24.7 Å². The quantitative estimate of drug-likeness (QED) is 0.588. The molecule has 2 nitrogen and oxygen atoms in total. The minimum Gasteiger partial charge on any atom is -0.478 e. The van der Waals surface area contributed by atoms with Crippen molar-refractivity contribution in [2.75, 3.05) is 0 Å². The van der Waals surface area contributed by atoms with Crippen molar-refractivity contribution in [3.63, 3.8) is 0 Å². The third-order valence-corrected chi connectivity index (χ3v) is 2.16. The number of hydrogen-bond acceptors (Lipinski definition) is 1. The minimum absolute atomic E-state index is 0.321. The van der Waals surface area contributed by atoms with Crippen molar-refractivity contribution in [1.82, 2.24) is 0 Å². The van der Waals surface area contributed by atoms with Gasteiger partial charge < -0.3 is 5.11 Å². The highest BCUT2D eigenvalue weighted by molar-refractivity contribution is 5.80. The van der Waals surface area contributed by atoms with E-state index >= 15 is 0 Å². The summed E-state index contributed by atoms with van der Waals surface area (Å²) in [6.07, 6.45) is 4.37. The lowest BCUT2D eigenvalue weighted by molar-refractivity contribution is -0.131. The van der Waals surface area contributed by atoms with E-state index in [9.17, 15) is 4.79 Å². The summed E-state index contributed by atoms with van der Waals surface area (Å²) < 4.78 is 0. The Kier molecular flexibility index (Phi) is 2.03. The number of aliphatic carboxylic acids is 1. The summed E-state index contributed by atoms with van der Waals surface area (Å²) in [4.78, 5) is 10.3. The fourth-order valence-electron chi connectivity index (χ4n) is 1.59. The van der Waals surface area contributed by atoms with Crippen LogP contribution in [0.1, 0.15) is 33.1 Å². The van der Waals surface area contributed by atoms with Crippen LogP contribution in [0.4, 0.5) is 0 Å². The average molecular weight is 154 g/mol. The molecule has 62 valence electrons. The molecule has 0 aromatic rings. The lowest BCUT2D eigenvalue weighted by atomic mass is 9.92. The van der Waals surface area contributed by atoms with Crippen molar-refractivity contribution in [2.45, 2.75) is 33.1 Å². The largest absolute Gasteiger partial charge is 0.478 e. The molecule has 0 bridgehead atoms. The Balaban J connectivity index is 2.61. The topological polar surface area (TPSA) is 37.3 Å². The number of hydrogen-bond donors (Lipinski definition) is 1. The molecule has 1 aliphatic rings.